The summed E-state index contributed by atoms with van der Waals surface area (Å²) < 4.78 is 5.44. The Morgan fingerprint density at radius 1 is 1.19 bits per heavy atom. The highest BCUT2D eigenvalue weighted by atomic mass is 32.2. The first-order chi connectivity index (χ1) is 14.9. The zero-order valence-corrected chi connectivity index (χ0v) is 18.8. The molecular weight excluding hydrogens is 410 g/mol. The number of thioether (sulfide) groups is 1. The van der Waals surface area contributed by atoms with Gasteiger partial charge in [-0.1, -0.05) is 24.3 Å². The number of aromatic hydroxyl groups is 2. The quantitative estimate of drug-likeness (QED) is 0.697. The van der Waals surface area contributed by atoms with Crippen molar-refractivity contribution in [3.05, 3.63) is 64.9 Å². The van der Waals surface area contributed by atoms with Crippen LogP contribution in [0.25, 0.3) is 0 Å². The van der Waals surface area contributed by atoms with E-state index in [-0.39, 0.29) is 40.9 Å². The molecule has 0 unspecified atom stereocenters. The molecule has 1 saturated heterocycles. The molecule has 162 valence electrons. The maximum Gasteiger partial charge on any atom is 0.197 e. The number of likely N-dealkylation sites (tertiary alicyclic amines) is 1. The molecule has 0 radical (unpaired) electrons. The van der Waals surface area contributed by atoms with Crippen molar-refractivity contribution in [2.24, 2.45) is 5.92 Å². The highest BCUT2D eigenvalue weighted by Crippen LogP contribution is 2.63. The lowest BCUT2D eigenvalue weighted by Crippen LogP contribution is -2.61. The number of likely N-dealkylation sites (N-methyl/N-ethyl adjacent to an activating group) is 1. The molecule has 3 aliphatic rings. The molecule has 31 heavy (non-hydrogen) atoms. The number of ether oxygens (including phenoxy) is 1. The fraction of sp³-hybridized carbons (Fsp3) is 0.400. The fourth-order valence-corrected chi connectivity index (χ4v) is 7.39. The zero-order chi connectivity index (χ0) is 21.9. The smallest absolute Gasteiger partial charge is 0.197 e. The van der Waals surface area contributed by atoms with Crippen LogP contribution in [0.15, 0.2) is 53.1 Å². The number of ketones is 1. The number of hydrogen-bond acceptors (Lipinski definition) is 6. The van der Waals surface area contributed by atoms with Crippen LogP contribution in [-0.2, 0) is 14.9 Å². The van der Waals surface area contributed by atoms with E-state index in [1.54, 1.807) is 24.9 Å². The zero-order valence-electron chi connectivity index (χ0n) is 18.0. The average molecular weight is 438 g/mol. The van der Waals surface area contributed by atoms with Gasteiger partial charge in [-0.3, -0.25) is 4.79 Å². The van der Waals surface area contributed by atoms with E-state index in [0.29, 0.717) is 5.76 Å². The molecule has 2 aromatic carbocycles. The molecule has 6 heteroatoms. The van der Waals surface area contributed by atoms with Gasteiger partial charge in [0, 0.05) is 34.3 Å². The van der Waals surface area contributed by atoms with Crippen LogP contribution in [0.2, 0.25) is 0 Å². The normalized spacial score (nSPS) is 29.7. The number of hydrogen-bond donors (Lipinski definition) is 2. The summed E-state index contributed by atoms with van der Waals surface area (Å²) in [6, 6.07) is 12.0. The minimum absolute atomic E-state index is 0.000573. The van der Waals surface area contributed by atoms with Gasteiger partial charge in [-0.2, -0.15) is 0 Å². The Kier molecular flexibility index (Phi) is 4.83. The van der Waals surface area contributed by atoms with Crippen LogP contribution in [-0.4, -0.2) is 47.6 Å². The standard InChI is InChI=1S/C25H27NO4S/c1-14-6-4-5-7-20(14)31-24-15-8-9-17(27)23(29)21(15)25-10-11-26(2)22(24)16(25)12-19(30-3)18(28)13-25/h4-9,12,16,22,24,27,29H,10-11,13H2,1-3H3/t16-,22-,24-,25-/m1/s1. The van der Waals surface area contributed by atoms with Gasteiger partial charge >= 0.3 is 0 Å². The third kappa shape index (κ3) is 2.92. The van der Waals surface area contributed by atoms with Gasteiger partial charge in [0.25, 0.3) is 0 Å². The largest absolute Gasteiger partial charge is 0.504 e. The van der Waals surface area contributed by atoms with Gasteiger partial charge in [-0.15, -0.1) is 11.8 Å². The molecule has 0 amide bonds. The van der Waals surface area contributed by atoms with Crippen LogP contribution in [0, 0.1) is 12.8 Å². The minimum atomic E-state index is -0.531. The molecule has 0 aromatic heterocycles. The SMILES string of the molecule is COC1=C[C@@H]2[C@@H]3[C@H](Sc4ccccc4C)c4ccc(O)c(O)c4[C@]2(CCN3C)CC1=O. The van der Waals surface area contributed by atoms with E-state index in [0.717, 1.165) is 24.1 Å². The Balaban J connectivity index is 1.76. The van der Waals surface area contributed by atoms with Crippen LogP contribution < -0.4 is 0 Å². The molecule has 2 aromatic rings. The molecule has 0 saturated carbocycles. The Labute approximate surface area is 186 Å². The molecule has 1 aliphatic heterocycles. The van der Waals surface area contributed by atoms with Crippen molar-refractivity contribution in [1.82, 2.24) is 4.90 Å². The summed E-state index contributed by atoms with van der Waals surface area (Å²) >= 11 is 1.79. The van der Waals surface area contributed by atoms with E-state index >= 15 is 0 Å². The Hall–Kier alpha value is -2.44. The summed E-state index contributed by atoms with van der Waals surface area (Å²) in [5, 5.41) is 21.5. The number of fused-ring (bicyclic) bond motifs is 1. The van der Waals surface area contributed by atoms with Crippen molar-refractivity contribution in [3.8, 4) is 11.5 Å². The summed E-state index contributed by atoms with van der Waals surface area (Å²) in [6.45, 7) is 2.93. The van der Waals surface area contributed by atoms with Crippen LogP contribution in [0.3, 0.4) is 0 Å². The van der Waals surface area contributed by atoms with Gasteiger partial charge in [0.15, 0.2) is 23.0 Å². The van der Waals surface area contributed by atoms with Crippen molar-refractivity contribution >= 4 is 17.5 Å². The summed E-state index contributed by atoms with van der Waals surface area (Å²) in [5.74, 6) is 0.158. The van der Waals surface area contributed by atoms with E-state index in [1.807, 2.05) is 24.3 Å². The third-order valence-electron chi connectivity index (χ3n) is 7.38. The molecule has 1 heterocycles. The average Bonchev–Trinajstić information content (AvgIpc) is 2.75. The number of benzene rings is 2. The van der Waals surface area contributed by atoms with E-state index in [9.17, 15) is 15.0 Å². The van der Waals surface area contributed by atoms with E-state index < -0.39 is 5.41 Å². The number of aryl methyl sites for hydroxylation is 1. The summed E-state index contributed by atoms with van der Waals surface area (Å²) in [5.41, 5.74) is 2.43. The van der Waals surface area contributed by atoms with E-state index in [4.69, 9.17) is 4.74 Å². The molecular formula is C25H27NO4S. The van der Waals surface area contributed by atoms with Crippen LogP contribution in [0.1, 0.15) is 34.8 Å². The predicted octanol–water partition coefficient (Wildman–Crippen LogP) is 4.31. The lowest BCUT2D eigenvalue weighted by Gasteiger charge is -2.58. The molecule has 2 aliphatic carbocycles. The van der Waals surface area contributed by atoms with Gasteiger partial charge in [0.05, 0.1) is 12.4 Å². The summed E-state index contributed by atoms with van der Waals surface area (Å²) in [7, 11) is 3.68. The Bertz CT molecular complexity index is 1100. The molecule has 4 atom stereocenters. The van der Waals surface area contributed by atoms with Gasteiger partial charge in [-0.05, 0) is 56.3 Å². The number of methoxy groups -OCH3 is 1. The van der Waals surface area contributed by atoms with Gasteiger partial charge in [0.1, 0.15) is 0 Å². The highest BCUT2D eigenvalue weighted by molar-refractivity contribution is 7.99. The molecule has 5 rings (SSSR count). The highest BCUT2D eigenvalue weighted by Gasteiger charge is 2.59. The van der Waals surface area contributed by atoms with Crippen molar-refractivity contribution in [2.75, 3.05) is 20.7 Å². The molecule has 1 fully saturated rings. The first-order valence-corrected chi connectivity index (χ1v) is 11.5. The number of rotatable bonds is 3. The number of allylic oxidation sites excluding steroid dienone is 1. The number of carbonyl (C=O) groups is 1. The third-order valence-corrected chi connectivity index (χ3v) is 8.88. The predicted molar refractivity (Wildman–Crippen MR) is 120 cm³/mol. The van der Waals surface area contributed by atoms with E-state index in [1.165, 1.54) is 10.5 Å². The van der Waals surface area contributed by atoms with Crippen molar-refractivity contribution in [3.63, 3.8) is 0 Å². The van der Waals surface area contributed by atoms with Gasteiger partial charge in [0.2, 0.25) is 0 Å². The summed E-state index contributed by atoms with van der Waals surface area (Å²) in [4.78, 5) is 16.5. The van der Waals surface area contributed by atoms with Crippen molar-refractivity contribution in [2.45, 2.75) is 41.4 Å². The lowest BCUT2D eigenvalue weighted by molar-refractivity contribution is -0.122. The Morgan fingerprint density at radius 3 is 2.71 bits per heavy atom. The van der Waals surface area contributed by atoms with E-state index in [2.05, 4.69) is 31.0 Å². The first-order valence-electron chi connectivity index (χ1n) is 10.6. The second-order valence-electron chi connectivity index (χ2n) is 8.94. The molecule has 2 N–H and O–H groups in total. The maximum absolute atomic E-state index is 12.9. The van der Waals surface area contributed by atoms with Crippen LogP contribution in [0.4, 0.5) is 0 Å². The maximum atomic E-state index is 12.9. The van der Waals surface area contributed by atoms with Crippen LogP contribution in [0.5, 0.6) is 11.5 Å². The first kappa shape index (κ1) is 20.5. The molecule has 0 spiro atoms. The van der Waals surface area contributed by atoms with Gasteiger partial charge < -0.3 is 19.8 Å². The molecule has 2 bridgehead atoms. The number of piperidine rings is 1. The van der Waals surface area contributed by atoms with Gasteiger partial charge in [-0.25, -0.2) is 0 Å². The fourth-order valence-electron chi connectivity index (χ4n) is 5.87. The topological polar surface area (TPSA) is 70.0 Å². The minimum Gasteiger partial charge on any atom is -0.504 e. The van der Waals surface area contributed by atoms with Crippen molar-refractivity contribution < 1.29 is 19.7 Å². The number of Topliss-reactive ketones (excluding diaryl/α,β-unsaturated/α-hetero) is 1. The Morgan fingerprint density at radius 2 is 1.97 bits per heavy atom. The van der Waals surface area contributed by atoms with Crippen LogP contribution >= 0.6 is 11.8 Å². The molecule has 5 nitrogen and oxygen atoms in total. The number of nitrogens with zero attached hydrogens (tertiary/aromatic N) is 1. The second-order valence-corrected chi connectivity index (χ2v) is 10.1. The monoisotopic (exact) mass is 437 g/mol. The lowest BCUT2D eigenvalue weighted by atomic mass is 9.53. The van der Waals surface area contributed by atoms with Crippen molar-refractivity contribution in [1.29, 1.82) is 0 Å². The number of carbonyl (C=O) groups excluding carboxylic acids is 1. The number of phenols is 2. The number of phenolic OH excluding ortho intramolecular Hbond substituents is 2. The summed E-state index contributed by atoms with van der Waals surface area (Å²) in [6.07, 6.45) is 3.01. The second kappa shape index (κ2) is 7.31.